The van der Waals surface area contributed by atoms with Crippen LogP contribution in [0.4, 0.5) is 0 Å². The van der Waals surface area contributed by atoms with E-state index >= 15 is 0 Å². The fourth-order valence-corrected chi connectivity index (χ4v) is 5.35. The molecular formula is C26H28ClNO6S. The van der Waals surface area contributed by atoms with Gasteiger partial charge in [-0.2, -0.15) is 0 Å². The van der Waals surface area contributed by atoms with E-state index in [1.54, 1.807) is 36.5 Å². The summed E-state index contributed by atoms with van der Waals surface area (Å²) in [7, 11) is 0. The molecule has 1 saturated heterocycles. The maximum Gasteiger partial charge on any atom is 0.171 e. The second-order valence-corrected chi connectivity index (χ2v) is 10.0. The lowest BCUT2D eigenvalue weighted by Gasteiger charge is -2.47. The smallest absolute Gasteiger partial charge is 0.171 e. The third-order valence-electron chi connectivity index (χ3n) is 5.92. The Morgan fingerprint density at radius 3 is 2.49 bits per heavy atom. The van der Waals surface area contributed by atoms with Crippen molar-refractivity contribution in [1.82, 2.24) is 4.98 Å². The van der Waals surface area contributed by atoms with Gasteiger partial charge in [0.25, 0.3) is 0 Å². The van der Waals surface area contributed by atoms with Crippen molar-refractivity contribution in [3.8, 4) is 5.75 Å². The van der Waals surface area contributed by atoms with Gasteiger partial charge in [-0.15, -0.1) is 0 Å². The highest BCUT2D eigenvalue weighted by atomic mass is 35.5. The largest absolute Gasteiger partial charge is 0.494 e. The van der Waals surface area contributed by atoms with Crippen LogP contribution >= 0.6 is 23.4 Å². The molecule has 2 unspecified atom stereocenters. The summed E-state index contributed by atoms with van der Waals surface area (Å²) in [5, 5.41) is 43.5. The molecule has 1 fully saturated rings. The van der Waals surface area contributed by atoms with E-state index in [0.717, 1.165) is 28.6 Å². The Bertz CT molecular complexity index is 1120. The topological polar surface area (TPSA) is 112 Å². The van der Waals surface area contributed by atoms with Crippen LogP contribution in [0.15, 0.2) is 71.9 Å². The summed E-state index contributed by atoms with van der Waals surface area (Å²) >= 11 is 7.47. The van der Waals surface area contributed by atoms with Crippen molar-refractivity contribution < 1.29 is 29.9 Å². The van der Waals surface area contributed by atoms with Crippen molar-refractivity contribution in [2.75, 3.05) is 13.2 Å². The number of halogens is 1. The van der Waals surface area contributed by atoms with Gasteiger partial charge >= 0.3 is 0 Å². The van der Waals surface area contributed by atoms with Gasteiger partial charge in [0.1, 0.15) is 30.2 Å². The Kier molecular flexibility index (Phi) is 8.34. The number of nitrogens with zero attached hydrogens (tertiary/aromatic N) is 1. The van der Waals surface area contributed by atoms with Crippen LogP contribution in [0, 0.1) is 0 Å². The molecule has 0 amide bonds. The van der Waals surface area contributed by atoms with E-state index in [4.69, 9.17) is 21.1 Å². The summed E-state index contributed by atoms with van der Waals surface area (Å²) < 4.78 is 11.6. The number of hydrogen-bond acceptors (Lipinski definition) is 8. The summed E-state index contributed by atoms with van der Waals surface area (Å²) in [6, 6.07) is 18.2. The van der Waals surface area contributed by atoms with Crippen LogP contribution in [0.3, 0.4) is 0 Å². The first-order valence-electron chi connectivity index (χ1n) is 11.3. The zero-order chi connectivity index (χ0) is 25.0. The van der Waals surface area contributed by atoms with Gasteiger partial charge in [-0.05, 0) is 60.4 Å². The Morgan fingerprint density at radius 2 is 1.83 bits per heavy atom. The zero-order valence-electron chi connectivity index (χ0n) is 19.1. The molecule has 0 saturated carbocycles. The van der Waals surface area contributed by atoms with Crippen LogP contribution in [-0.2, 0) is 11.2 Å². The third kappa shape index (κ3) is 5.65. The predicted molar refractivity (Wildman–Crippen MR) is 134 cm³/mol. The second kappa shape index (κ2) is 11.3. The average molecular weight is 518 g/mol. The predicted octanol–water partition coefficient (Wildman–Crippen LogP) is 3.36. The van der Waals surface area contributed by atoms with Crippen LogP contribution in [0.2, 0.25) is 5.02 Å². The standard InChI is InChI=1S/C26H28ClNO6S/c1-2-33-19-9-6-16(7-10-19)13-18-14-17(8-11-20(18)27)24-22(30)23(31)25(32)26(15-29,34-24)35-21-5-3-4-12-28-21/h3-12,14,22-25,29-32H,2,13,15H2,1H3/t22-,23?,24?,25+,26-/m1/s1. The highest BCUT2D eigenvalue weighted by molar-refractivity contribution is 8.00. The van der Waals surface area contributed by atoms with Gasteiger partial charge in [0.2, 0.25) is 0 Å². The summed E-state index contributed by atoms with van der Waals surface area (Å²) in [5.41, 5.74) is 2.38. The Labute approximate surface area is 213 Å². The van der Waals surface area contributed by atoms with Gasteiger partial charge in [-0.25, -0.2) is 4.98 Å². The van der Waals surface area contributed by atoms with Gasteiger partial charge in [0.05, 0.1) is 18.2 Å². The molecule has 5 atom stereocenters. The number of aromatic nitrogens is 1. The van der Waals surface area contributed by atoms with Gasteiger partial charge < -0.3 is 29.9 Å². The lowest BCUT2D eigenvalue weighted by atomic mass is 9.89. The number of aliphatic hydroxyl groups is 4. The molecule has 2 heterocycles. The van der Waals surface area contributed by atoms with Gasteiger partial charge in [0.15, 0.2) is 4.93 Å². The Balaban J connectivity index is 1.62. The van der Waals surface area contributed by atoms with E-state index in [2.05, 4.69) is 4.98 Å². The van der Waals surface area contributed by atoms with Crippen molar-refractivity contribution in [3.05, 3.63) is 88.6 Å². The first-order chi connectivity index (χ1) is 16.9. The van der Waals surface area contributed by atoms with Crippen LogP contribution in [0.1, 0.15) is 29.7 Å². The van der Waals surface area contributed by atoms with Crippen molar-refractivity contribution in [3.63, 3.8) is 0 Å². The molecule has 7 nitrogen and oxygen atoms in total. The fraction of sp³-hybridized carbons (Fsp3) is 0.346. The summed E-state index contributed by atoms with van der Waals surface area (Å²) in [4.78, 5) is 2.59. The molecule has 2 aromatic carbocycles. The molecule has 3 aromatic rings. The van der Waals surface area contributed by atoms with E-state index in [-0.39, 0.29) is 0 Å². The highest BCUT2D eigenvalue weighted by Gasteiger charge is 2.54. The SMILES string of the molecule is CCOc1ccc(Cc2cc(C3O[C@](CO)(Sc4ccccn4)[C@@H](O)C(O)[C@H]3O)ccc2Cl)cc1. The minimum atomic E-state index is -1.63. The molecule has 1 aliphatic rings. The van der Waals surface area contributed by atoms with E-state index in [1.165, 1.54) is 0 Å². The minimum Gasteiger partial charge on any atom is -0.494 e. The maximum absolute atomic E-state index is 10.8. The molecule has 1 aromatic heterocycles. The quantitative estimate of drug-likeness (QED) is 0.360. The molecule has 0 aliphatic carbocycles. The van der Waals surface area contributed by atoms with Crippen LogP contribution in [0.5, 0.6) is 5.75 Å². The first kappa shape index (κ1) is 25.9. The monoisotopic (exact) mass is 517 g/mol. The number of pyridine rings is 1. The fourth-order valence-electron chi connectivity index (χ4n) is 4.07. The van der Waals surface area contributed by atoms with Crippen LogP contribution < -0.4 is 4.74 Å². The van der Waals surface area contributed by atoms with Crippen LogP contribution in [-0.4, -0.2) is 61.9 Å². The summed E-state index contributed by atoms with van der Waals surface area (Å²) in [5.74, 6) is 0.785. The molecule has 4 rings (SSSR count). The highest BCUT2D eigenvalue weighted by Crippen LogP contribution is 2.46. The molecule has 1 aliphatic heterocycles. The minimum absolute atomic E-state index is 0.496. The van der Waals surface area contributed by atoms with Crippen molar-refractivity contribution in [2.24, 2.45) is 0 Å². The van der Waals surface area contributed by atoms with E-state index in [0.29, 0.717) is 28.6 Å². The first-order valence-corrected chi connectivity index (χ1v) is 12.5. The van der Waals surface area contributed by atoms with Gasteiger partial charge in [0, 0.05) is 11.2 Å². The number of ether oxygens (including phenoxy) is 2. The van der Waals surface area contributed by atoms with Gasteiger partial charge in [-0.1, -0.05) is 53.7 Å². The number of aliphatic hydroxyl groups excluding tert-OH is 4. The van der Waals surface area contributed by atoms with Crippen LogP contribution in [0.25, 0.3) is 0 Å². The molecule has 4 N–H and O–H groups in total. The summed E-state index contributed by atoms with van der Waals surface area (Å²) in [6.45, 7) is 1.91. The lowest BCUT2D eigenvalue weighted by molar-refractivity contribution is -0.246. The molecule has 186 valence electrons. The van der Waals surface area contributed by atoms with E-state index in [9.17, 15) is 20.4 Å². The molecule has 0 spiro atoms. The molecule has 0 radical (unpaired) electrons. The Morgan fingerprint density at radius 1 is 1.06 bits per heavy atom. The van der Waals surface area contributed by atoms with Crippen molar-refractivity contribution in [2.45, 2.75) is 47.7 Å². The number of hydrogen-bond donors (Lipinski definition) is 4. The molecule has 9 heteroatoms. The van der Waals surface area contributed by atoms with Crippen molar-refractivity contribution in [1.29, 1.82) is 0 Å². The van der Waals surface area contributed by atoms with Gasteiger partial charge in [-0.3, -0.25) is 0 Å². The summed E-state index contributed by atoms with van der Waals surface area (Å²) in [6.07, 6.45) is -3.44. The zero-order valence-corrected chi connectivity index (χ0v) is 20.7. The molecule has 35 heavy (non-hydrogen) atoms. The second-order valence-electron chi connectivity index (χ2n) is 8.31. The Hall–Kier alpha value is -2.17. The lowest BCUT2D eigenvalue weighted by Crippen LogP contribution is -2.61. The van der Waals surface area contributed by atoms with E-state index in [1.807, 2.05) is 37.3 Å². The number of rotatable bonds is 8. The van der Waals surface area contributed by atoms with Crippen molar-refractivity contribution >= 4 is 23.4 Å². The van der Waals surface area contributed by atoms with E-state index < -0.39 is 36.0 Å². The third-order valence-corrected chi connectivity index (χ3v) is 7.56. The molecule has 0 bridgehead atoms. The normalized spacial score (nSPS) is 26.5. The average Bonchev–Trinajstić information content (AvgIpc) is 2.88. The number of benzene rings is 2. The number of thioether (sulfide) groups is 1. The molecular weight excluding hydrogens is 490 g/mol. The maximum atomic E-state index is 10.8.